The maximum absolute atomic E-state index is 9.27. The highest BCUT2D eigenvalue weighted by atomic mass is 16.5. The van der Waals surface area contributed by atoms with Gasteiger partial charge >= 0.3 is 0 Å². The Balaban J connectivity index is 1.60. The number of hydrogen-bond donors (Lipinski definition) is 2. The monoisotopic (exact) mass is 473 g/mol. The molecule has 0 aliphatic heterocycles. The highest BCUT2D eigenvalue weighted by Crippen LogP contribution is 2.31. The predicted octanol–water partition coefficient (Wildman–Crippen LogP) is 4.31. The Morgan fingerprint density at radius 2 is 1.69 bits per heavy atom. The molecule has 0 aliphatic carbocycles. The Morgan fingerprint density at radius 3 is 2.43 bits per heavy atom. The third-order valence-corrected chi connectivity index (χ3v) is 5.94. The highest BCUT2D eigenvalue weighted by molar-refractivity contribution is 5.74. The number of aliphatic hydroxyl groups excluding tert-OH is 2. The van der Waals surface area contributed by atoms with Crippen molar-refractivity contribution in [3.63, 3.8) is 0 Å². The van der Waals surface area contributed by atoms with Crippen molar-refractivity contribution in [2.45, 2.75) is 20.1 Å². The fraction of sp³-hybridized carbons (Fsp3) is 0.286. The Bertz CT molecular complexity index is 1250. The van der Waals surface area contributed by atoms with Crippen LogP contribution in [-0.2, 0) is 17.9 Å². The molecular weight excluding hydrogens is 442 g/mol. The molecule has 0 bridgehead atoms. The first kappa shape index (κ1) is 24.8. The minimum atomic E-state index is 0.0432. The van der Waals surface area contributed by atoms with E-state index in [1.807, 2.05) is 53.4 Å². The van der Waals surface area contributed by atoms with Crippen molar-refractivity contribution in [1.82, 2.24) is 15.0 Å². The zero-order valence-electron chi connectivity index (χ0n) is 20.1. The van der Waals surface area contributed by atoms with Gasteiger partial charge in [-0.05, 0) is 52.9 Å². The van der Waals surface area contributed by atoms with Crippen LogP contribution in [0.25, 0.3) is 34.0 Å². The van der Waals surface area contributed by atoms with Crippen molar-refractivity contribution in [1.29, 1.82) is 0 Å². The van der Waals surface area contributed by atoms with Gasteiger partial charge < -0.3 is 19.5 Å². The van der Waals surface area contributed by atoms with Crippen LogP contribution in [0, 0.1) is 6.92 Å². The average molecular weight is 474 g/mol. The highest BCUT2D eigenvalue weighted by Gasteiger charge is 2.15. The van der Waals surface area contributed by atoms with E-state index in [-0.39, 0.29) is 13.2 Å². The number of ether oxygens (including phenoxy) is 1. The molecule has 7 nitrogen and oxygen atoms in total. The Morgan fingerprint density at radius 1 is 0.886 bits per heavy atom. The van der Waals surface area contributed by atoms with Crippen LogP contribution in [0.2, 0.25) is 0 Å². The van der Waals surface area contributed by atoms with Crippen molar-refractivity contribution in [2.24, 2.45) is 0 Å². The van der Waals surface area contributed by atoms with Crippen molar-refractivity contribution >= 4 is 0 Å². The lowest BCUT2D eigenvalue weighted by Gasteiger charge is -2.20. The van der Waals surface area contributed by atoms with E-state index in [1.165, 1.54) is 11.1 Å². The Hall–Kier alpha value is -3.36. The second kappa shape index (κ2) is 11.9. The molecule has 35 heavy (non-hydrogen) atoms. The average Bonchev–Trinajstić information content (AvgIpc) is 3.36. The summed E-state index contributed by atoms with van der Waals surface area (Å²) in [6.45, 7) is 4.27. The molecule has 7 heteroatoms. The molecule has 0 amide bonds. The lowest BCUT2D eigenvalue weighted by Crippen LogP contribution is -2.29. The molecule has 1 aromatic heterocycles. The first-order valence-corrected chi connectivity index (χ1v) is 11.7. The van der Waals surface area contributed by atoms with Crippen LogP contribution in [0.5, 0.6) is 0 Å². The largest absolute Gasteiger partial charge is 0.395 e. The van der Waals surface area contributed by atoms with Crippen LogP contribution in [0.4, 0.5) is 0 Å². The lowest BCUT2D eigenvalue weighted by molar-refractivity contribution is 0.156. The molecule has 0 spiro atoms. The van der Waals surface area contributed by atoms with E-state index < -0.39 is 0 Å². The maximum atomic E-state index is 9.27. The topological polar surface area (TPSA) is 91.9 Å². The van der Waals surface area contributed by atoms with E-state index in [2.05, 4.69) is 35.3 Å². The zero-order chi connectivity index (χ0) is 24.6. The van der Waals surface area contributed by atoms with Crippen molar-refractivity contribution < 1.29 is 19.5 Å². The summed E-state index contributed by atoms with van der Waals surface area (Å²) >= 11 is 0. The molecule has 3 aromatic carbocycles. The smallest absolute Gasteiger partial charge is 0.258 e. The van der Waals surface area contributed by atoms with Crippen LogP contribution in [0.1, 0.15) is 16.7 Å². The first-order valence-electron chi connectivity index (χ1n) is 11.7. The predicted molar refractivity (Wildman–Crippen MR) is 136 cm³/mol. The summed E-state index contributed by atoms with van der Waals surface area (Å²) in [6.07, 6.45) is 0. The molecule has 0 saturated heterocycles. The van der Waals surface area contributed by atoms with Gasteiger partial charge in [0.2, 0.25) is 5.82 Å². The van der Waals surface area contributed by atoms with Gasteiger partial charge in [-0.3, -0.25) is 4.90 Å². The second-order valence-electron chi connectivity index (χ2n) is 8.47. The molecule has 0 saturated carbocycles. The standard InChI is InChI=1S/C28H31N3O4/c1-20-6-3-4-9-25(20)26-11-10-23(17-24(26)19-34-2)28-29-27(30-35-28)22-8-5-7-21(16-22)18-31(12-14-32)13-15-33/h3-11,16-17,32-33H,12-15,18-19H2,1-2H3. The van der Waals surface area contributed by atoms with Crippen molar-refractivity contribution in [2.75, 3.05) is 33.4 Å². The number of aryl methyl sites for hydroxylation is 1. The maximum Gasteiger partial charge on any atom is 0.258 e. The SMILES string of the molecule is COCc1cc(-c2nc(-c3cccc(CN(CCO)CCO)c3)no2)ccc1-c1ccccc1C. The van der Waals surface area contributed by atoms with E-state index in [9.17, 15) is 10.2 Å². The molecule has 2 N–H and O–H groups in total. The third kappa shape index (κ3) is 6.01. The fourth-order valence-electron chi connectivity index (χ4n) is 4.22. The zero-order valence-corrected chi connectivity index (χ0v) is 20.1. The summed E-state index contributed by atoms with van der Waals surface area (Å²) in [4.78, 5) is 6.65. The summed E-state index contributed by atoms with van der Waals surface area (Å²) in [5.41, 5.74) is 7.27. The van der Waals surface area contributed by atoms with Gasteiger partial charge in [0.1, 0.15) is 0 Å². The molecule has 0 fully saturated rings. The van der Waals surface area contributed by atoms with Crippen LogP contribution in [0.3, 0.4) is 0 Å². The van der Waals surface area contributed by atoms with E-state index in [1.54, 1.807) is 7.11 Å². The minimum absolute atomic E-state index is 0.0432. The fourth-order valence-corrected chi connectivity index (χ4v) is 4.22. The van der Waals surface area contributed by atoms with Gasteiger partial charge in [-0.2, -0.15) is 4.98 Å². The molecule has 0 radical (unpaired) electrons. The van der Waals surface area contributed by atoms with E-state index in [4.69, 9.17) is 9.26 Å². The molecule has 182 valence electrons. The molecule has 4 aromatic rings. The molecule has 0 atom stereocenters. The van der Waals surface area contributed by atoms with Gasteiger partial charge in [0.25, 0.3) is 5.89 Å². The molecule has 4 rings (SSSR count). The number of aromatic nitrogens is 2. The number of aliphatic hydroxyl groups is 2. The van der Waals surface area contributed by atoms with Crippen LogP contribution >= 0.6 is 0 Å². The van der Waals surface area contributed by atoms with Gasteiger partial charge in [0.05, 0.1) is 19.8 Å². The Kier molecular flexibility index (Phi) is 8.39. The number of rotatable bonds is 11. The van der Waals surface area contributed by atoms with Gasteiger partial charge in [-0.25, -0.2) is 0 Å². The van der Waals surface area contributed by atoms with E-state index in [0.717, 1.165) is 27.8 Å². The summed E-state index contributed by atoms with van der Waals surface area (Å²) < 4.78 is 11.1. The number of methoxy groups -OCH3 is 1. The normalized spacial score (nSPS) is 11.3. The summed E-state index contributed by atoms with van der Waals surface area (Å²) in [5.74, 6) is 0.954. The Labute approximate surface area is 205 Å². The summed E-state index contributed by atoms with van der Waals surface area (Å²) in [7, 11) is 1.69. The third-order valence-electron chi connectivity index (χ3n) is 5.94. The number of benzene rings is 3. The van der Waals surface area contributed by atoms with Gasteiger partial charge in [0, 0.05) is 37.9 Å². The quantitative estimate of drug-likeness (QED) is 0.335. The minimum Gasteiger partial charge on any atom is -0.395 e. The van der Waals surface area contributed by atoms with Crippen LogP contribution in [0.15, 0.2) is 71.3 Å². The van der Waals surface area contributed by atoms with Gasteiger partial charge in [-0.1, -0.05) is 53.7 Å². The van der Waals surface area contributed by atoms with Crippen molar-refractivity contribution in [3.8, 4) is 34.0 Å². The van der Waals surface area contributed by atoms with Gasteiger partial charge in [0.15, 0.2) is 0 Å². The van der Waals surface area contributed by atoms with Crippen LogP contribution in [-0.4, -0.2) is 58.7 Å². The molecule has 0 unspecified atom stereocenters. The van der Waals surface area contributed by atoms with E-state index in [0.29, 0.717) is 38.0 Å². The van der Waals surface area contributed by atoms with Gasteiger partial charge in [-0.15, -0.1) is 0 Å². The first-order chi connectivity index (χ1) is 17.1. The lowest BCUT2D eigenvalue weighted by atomic mass is 9.94. The van der Waals surface area contributed by atoms with Crippen molar-refractivity contribution in [3.05, 3.63) is 83.4 Å². The van der Waals surface area contributed by atoms with Crippen LogP contribution < -0.4 is 0 Å². The van der Waals surface area contributed by atoms with E-state index >= 15 is 0 Å². The summed E-state index contributed by atoms with van der Waals surface area (Å²) in [5, 5.41) is 22.8. The summed E-state index contributed by atoms with van der Waals surface area (Å²) in [6, 6.07) is 22.3. The molecule has 0 aliphatic rings. The molecule has 1 heterocycles. The number of hydrogen-bond acceptors (Lipinski definition) is 7. The molecular formula is C28H31N3O4. The number of nitrogens with zero attached hydrogens (tertiary/aromatic N) is 3. The second-order valence-corrected chi connectivity index (χ2v) is 8.47.